The Morgan fingerprint density at radius 2 is 2.05 bits per heavy atom. The smallest absolute Gasteiger partial charge is 0.339 e. The Hall–Kier alpha value is -1.67. The second-order valence-corrected chi connectivity index (χ2v) is 5.49. The molecular weight excluding hydrogens is 326 g/mol. The topological polar surface area (TPSA) is 42.2 Å². The molecule has 2 heterocycles. The molecule has 0 aliphatic carbocycles. The number of halogens is 5. The maximum Gasteiger partial charge on any atom is 0.401 e. The van der Waals surface area contributed by atoms with E-state index in [-0.39, 0.29) is 35.7 Å². The van der Waals surface area contributed by atoms with Crippen LogP contribution in [-0.4, -0.2) is 40.9 Å². The molecule has 0 amide bonds. The van der Waals surface area contributed by atoms with Crippen molar-refractivity contribution < 1.29 is 22.1 Å². The molecule has 22 heavy (non-hydrogen) atoms. The minimum Gasteiger partial charge on any atom is -0.339 e. The summed E-state index contributed by atoms with van der Waals surface area (Å²) < 4.78 is 54.7. The van der Waals surface area contributed by atoms with Crippen LogP contribution >= 0.6 is 11.6 Å². The first-order valence-electron chi connectivity index (χ1n) is 6.40. The van der Waals surface area contributed by atoms with Crippen molar-refractivity contribution >= 4 is 11.6 Å². The van der Waals surface area contributed by atoms with Gasteiger partial charge in [-0.3, -0.25) is 4.90 Å². The second-order valence-electron chi connectivity index (χ2n) is 5.09. The summed E-state index contributed by atoms with van der Waals surface area (Å²) in [5.41, 5.74) is 0.407. The predicted molar refractivity (Wildman–Crippen MR) is 69.9 cm³/mol. The summed E-state index contributed by atoms with van der Waals surface area (Å²) in [6.07, 6.45) is -4.22. The van der Waals surface area contributed by atoms with E-state index in [4.69, 9.17) is 16.1 Å². The average Bonchev–Trinajstić information content (AvgIpc) is 2.81. The summed E-state index contributed by atoms with van der Waals surface area (Å²) >= 11 is 5.90. The van der Waals surface area contributed by atoms with E-state index < -0.39 is 18.5 Å². The summed E-state index contributed by atoms with van der Waals surface area (Å²) in [5.74, 6) is -0.273. The molecule has 1 fully saturated rings. The van der Waals surface area contributed by atoms with Crippen molar-refractivity contribution in [3.63, 3.8) is 0 Å². The lowest BCUT2D eigenvalue weighted by atomic mass is 10.0. The molecule has 0 saturated carbocycles. The third-order valence-corrected chi connectivity index (χ3v) is 3.64. The highest BCUT2D eigenvalue weighted by molar-refractivity contribution is 6.33. The molecule has 1 saturated heterocycles. The van der Waals surface area contributed by atoms with Gasteiger partial charge in [-0.25, -0.2) is 4.39 Å². The lowest BCUT2D eigenvalue weighted by Gasteiger charge is -2.37. The second kappa shape index (κ2) is 5.51. The van der Waals surface area contributed by atoms with Gasteiger partial charge in [-0.15, -0.1) is 0 Å². The largest absolute Gasteiger partial charge is 0.401 e. The maximum atomic E-state index is 13.0. The van der Waals surface area contributed by atoms with Gasteiger partial charge in [0.25, 0.3) is 0 Å². The van der Waals surface area contributed by atoms with E-state index >= 15 is 0 Å². The zero-order chi connectivity index (χ0) is 15.9. The monoisotopic (exact) mass is 335 g/mol. The zero-order valence-corrected chi connectivity index (χ0v) is 11.8. The van der Waals surface area contributed by atoms with Crippen molar-refractivity contribution in [2.45, 2.75) is 12.1 Å². The van der Waals surface area contributed by atoms with Crippen LogP contribution in [0.1, 0.15) is 11.8 Å². The molecule has 0 radical (unpaired) electrons. The Morgan fingerprint density at radius 3 is 2.68 bits per heavy atom. The van der Waals surface area contributed by atoms with Crippen LogP contribution in [-0.2, 0) is 0 Å². The highest BCUT2D eigenvalue weighted by atomic mass is 35.5. The zero-order valence-electron chi connectivity index (χ0n) is 11.1. The van der Waals surface area contributed by atoms with Gasteiger partial charge in [-0.1, -0.05) is 16.8 Å². The fourth-order valence-corrected chi connectivity index (χ4v) is 2.54. The average molecular weight is 336 g/mol. The van der Waals surface area contributed by atoms with Crippen molar-refractivity contribution in [3.8, 4) is 11.4 Å². The number of aromatic nitrogens is 2. The number of nitrogens with zero attached hydrogens (tertiary/aromatic N) is 3. The van der Waals surface area contributed by atoms with Gasteiger partial charge in [0, 0.05) is 18.7 Å². The van der Waals surface area contributed by atoms with Crippen molar-refractivity contribution in [1.29, 1.82) is 0 Å². The van der Waals surface area contributed by atoms with Crippen molar-refractivity contribution in [2.24, 2.45) is 0 Å². The predicted octanol–water partition coefficient (Wildman–Crippen LogP) is 3.49. The van der Waals surface area contributed by atoms with E-state index in [1.807, 2.05) is 0 Å². The standard InChI is InChI=1S/C13H10ClF4N3O/c14-10-3-8(15)1-2-9(10)11-19-12(22-20-11)7-4-21(5-7)6-13(16,17)18/h1-3,7H,4-6H2. The van der Waals surface area contributed by atoms with Gasteiger partial charge < -0.3 is 4.52 Å². The highest BCUT2D eigenvalue weighted by Gasteiger charge is 2.39. The molecule has 1 aliphatic rings. The molecule has 2 aromatic rings. The maximum absolute atomic E-state index is 13.0. The van der Waals surface area contributed by atoms with Crippen LogP contribution in [0.5, 0.6) is 0 Å². The first-order chi connectivity index (χ1) is 10.3. The van der Waals surface area contributed by atoms with Gasteiger partial charge in [0.2, 0.25) is 11.7 Å². The minimum absolute atomic E-state index is 0.139. The Bertz CT molecular complexity index is 682. The fourth-order valence-electron chi connectivity index (χ4n) is 2.29. The van der Waals surface area contributed by atoms with E-state index in [1.54, 1.807) is 0 Å². The van der Waals surface area contributed by atoms with Gasteiger partial charge in [0.1, 0.15) is 5.82 Å². The quantitative estimate of drug-likeness (QED) is 0.805. The molecule has 1 aliphatic heterocycles. The van der Waals surface area contributed by atoms with Crippen LogP contribution in [0.2, 0.25) is 5.02 Å². The Kier molecular flexibility index (Phi) is 3.82. The number of hydrogen-bond acceptors (Lipinski definition) is 4. The number of likely N-dealkylation sites (tertiary alicyclic amines) is 1. The molecule has 1 aromatic carbocycles. The minimum atomic E-state index is -4.22. The molecule has 3 rings (SSSR count). The number of benzene rings is 1. The molecule has 0 spiro atoms. The third kappa shape index (κ3) is 3.22. The van der Waals surface area contributed by atoms with E-state index in [9.17, 15) is 17.6 Å². The SMILES string of the molecule is Fc1ccc(-c2noc(C3CN(CC(F)(F)F)C3)n2)c(Cl)c1. The van der Waals surface area contributed by atoms with Crippen LogP contribution in [0.3, 0.4) is 0 Å². The van der Waals surface area contributed by atoms with E-state index in [1.165, 1.54) is 17.0 Å². The Balaban J connectivity index is 1.68. The van der Waals surface area contributed by atoms with Crippen molar-refractivity contribution in [1.82, 2.24) is 15.0 Å². The summed E-state index contributed by atoms with van der Waals surface area (Å²) in [5, 5.41) is 3.88. The summed E-state index contributed by atoms with van der Waals surface area (Å²) in [6, 6.07) is 3.76. The van der Waals surface area contributed by atoms with Crippen molar-refractivity contribution in [2.75, 3.05) is 19.6 Å². The van der Waals surface area contributed by atoms with Crippen molar-refractivity contribution in [3.05, 3.63) is 34.9 Å². The molecule has 0 unspecified atom stereocenters. The Morgan fingerprint density at radius 1 is 1.32 bits per heavy atom. The van der Waals surface area contributed by atoms with Gasteiger partial charge in [-0.05, 0) is 18.2 Å². The van der Waals surface area contributed by atoms with Gasteiger partial charge in [-0.2, -0.15) is 18.2 Å². The number of rotatable bonds is 3. The van der Waals surface area contributed by atoms with Crippen LogP contribution in [0, 0.1) is 5.82 Å². The molecular formula is C13H10ClF4N3O. The fraction of sp³-hybridized carbons (Fsp3) is 0.385. The molecule has 0 N–H and O–H groups in total. The first-order valence-corrected chi connectivity index (χ1v) is 6.78. The number of alkyl halides is 3. The highest BCUT2D eigenvalue weighted by Crippen LogP contribution is 2.32. The summed E-state index contributed by atoms with van der Waals surface area (Å²) in [6.45, 7) is -0.537. The van der Waals surface area contributed by atoms with Crippen LogP contribution < -0.4 is 0 Å². The van der Waals surface area contributed by atoms with Crippen LogP contribution in [0.25, 0.3) is 11.4 Å². The lowest BCUT2D eigenvalue weighted by molar-refractivity contribution is -0.155. The van der Waals surface area contributed by atoms with Crippen LogP contribution in [0.4, 0.5) is 17.6 Å². The summed E-state index contributed by atoms with van der Waals surface area (Å²) in [7, 11) is 0. The van der Waals surface area contributed by atoms with E-state index in [2.05, 4.69) is 10.1 Å². The third-order valence-electron chi connectivity index (χ3n) is 3.32. The molecule has 0 bridgehead atoms. The summed E-state index contributed by atoms with van der Waals surface area (Å²) in [4.78, 5) is 5.38. The van der Waals surface area contributed by atoms with Gasteiger partial charge in [0.05, 0.1) is 17.5 Å². The lowest BCUT2D eigenvalue weighted by Crippen LogP contribution is -2.49. The molecule has 9 heteroatoms. The molecule has 118 valence electrons. The number of hydrogen-bond donors (Lipinski definition) is 0. The molecule has 4 nitrogen and oxygen atoms in total. The van der Waals surface area contributed by atoms with E-state index in [0.29, 0.717) is 5.56 Å². The van der Waals surface area contributed by atoms with Gasteiger partial charge in [0.15, 0.2) is 0 Å². The normalized spacial score (nSPS) is 16.8. The van der Waals surface area contributed by atoms with Crippen LogP contribution in [0.15, 0.2) is 22.7 Å². The Labute approximate surface area is 127 Å². The van der Waals surface area contributed by atoms with Gasteiger partial charge >= 0.3 is 6.18 Å². The first kappa shape index (κ1) is 15.2. The molecule has 0 atom stereocenters. The van der Waals surface area contributed by atoms with E-state index in [0.717, 1.165) is 6.07 Å². The molecule has 1 aromatic heterocycles.